The first-order chi connectivity index (χ1) is 13.7. The first-order valence-electron chi connectivity index (χ1n) is 11.1. The number of rotatable bonds is 12. The Balaban J connectivity index is 1.70. The number of carbonyl (C=O) groups is 1. The van der Waals surface area contributed by atoms with Crippen molar-refractivity contribution in [3.05, 3.63) is 24.3 Å². The average Bonchev–Trinajstić information content (AvgIpc) is 2.88. The highest BCUT2D eigenvalue weighted by molar-refractivity contribution is 7.80. The van der Waals surface area contributed by atoms with E-state index in [4.69, 9.17) is 9.31 Å². The van der Waals surface area contributed by atoms with E-state index in [-0.39, 0.29) is 17.1 Å². The lowest BCUT2D eigenvalue weighted by Gasteiger charge is -2.32. The molecule has 29 heavy (non-hydrogen) atoms. The Morgan fingerprint density at radius 2 is 1.48 bits per heavy atom. The Morgan fingerprint density at radius 1 is 0.931 bits per heavy atom. The molecule has 1 saturated heterocycles. The van der Waals surface area contributed by atoms with Gasteiger partial charge in [-0.2, -0.15) is 12.6 Å². The van der Waals surface area contributed by atoms with Crippen LogP contribution in [-0.4, -0.2) is 30.0 Å². The number of nitrogens with one attached hydrogen (secondary N) is 1. The summed E-state index contributed by atoms with van der Waals surface area (Å²) in [6, 6.07) is 7.78. The molecule has 2 rings (SSSR count). The van der Waals surface area contributed by atoms with Gasteiger partial charge in [-0.05, 0) is 63.9 Å². The van der Waals surface area contributed by atoms with Crippen LogP contribution < -0.4 is 10.8 Å². The minimum absolute atomic E-state index is 0.0739. The highest BCUT2D eigenvalue weighted by atomic mass is 32.1. The van der Waals surface area contributed by atoms with Gasteiger partial charge in [0.05, 0.1) is 11.2 Å². The number of unbranched alkanes of at least 4 members (excludes halogenated alkanes) is 7. The van der Waals surface area contributed by atoms with Crippen molar-refractivity contribution in [2.45, 2.75) is 96.7 Å². The van der Waals surface area contributed by atoms with E-state index in [1.165, 1.54) is 38.5 Å². The molecule has 1 aromatic rings. The Labute approximate surface area is 183 Å². The summed E-state index contributed by atoms with van der Waals surface area (Å²) in [5, 5.41) is 3.02. The van der Waals surface area contributed by atoms with E-state index in [0.717, 1.165) is 29.7 Å². The molecule has 0 aromatic heterocycles. The quantitative estimate of drug-likeness (QED) is 0.272. The largest absolute Gasteiger partial charge is 0.494 e. The predicted molar refractivity (Wildman–Crippen MR) is 126 cm³/mol. The van der Waals surface area contributed by atoms with E-state index < -0.39 is 7.12 Å². The smallest absolute Gasteiger partial charge is 0.399 e. The Hall–Kier alpha value is -0.975. The number of anilines is 1. The number of hydrogen-bond acceptors (Lipinski definition) is 4. The third-order valence-electron chi connectivity index (χ3n) is 6.01. The van der Waals surface area contributed by atoms with Crippen LogP contribution in [0.4, 0.5) is 5.69 Å². The summed E-state index contributed by atoms with van der Waals surface area (Å²) in [4.78, 5) is 12.3. The zero-order valence-corrected chi connectivity index (χ0v) is 19.5. The van der Waals surface area contributed by atoms with Gasteiger partial charge in [-0.15, -0.1) is 0 Å². The molecule has 0 saturated carbocycles. The number of amides is 1. The number of carbonyl (C=O) groups excluding carboxylic acids is 1. The van der Waals surface area contributed by atoms with Crippen molar-refractivity contribution in [1.82, 2.24) is 0 Å². The fourth-order valence-corrected chi connectivity index (χ4v) is 3.65. The topological polar surface area (TPSA) is 47.6 Å². The van der Waals surface area contributed by atoms with Crippen molar-refractivity contribution in [3.8, 4) is 0 Å². The van der Waals surface area contributed by atoms with Crippen molar-refractivity contribution < 1.29 is 14.1 Å². The van der Waals surface area contributed by atoms with Gasteiger partial charge in [-0.3, -0.25) is 4.79 Å². The summed E-state index contributed by atoms with van der Waals surface area (Å²) in [5.41, 5.74) is 0.985. The lowest BCUT2D eigenvalue weighted by atomic mass is 9.79. The van der Waals surface area contributed by atoms with E-state index in [2.05, 4.69) is 17.9 Å². The van der Waals surface area contributed by atoms with Crippen LogP contribution in [0.25, 0.3) is 0 Å². The molecule has 1 aliphatic heterocycles. The fraction of sp³-hybridized carbons (Fsp3) is 0.696. The molecule has 0 spiro atoms. The van der Waals surface area contributed by atoms with Gasteiger partial charge in [0.25, 0.3) is 0 Å². The van der Waals surface area contributed by atoms with Crippen LogP contribution in [0, 0.1) is 0 Å². The third-order valence-corrected chi connectivity index (χ3v) is 6.32. The normalized spacial score (nSPS) is 17.5. The van der Waals surface area contributed by atoms with Crippen molar-refractivity contribution in [2.24, 2.45) is 0 Å². The molecular weight excluding hydrogens is 381 g/mol. The minimum atomic E-state index is -0.412. The van der Waals surface area contributed by atoms with Gasteiger partial charge in [-0.1, -0.05) is 50.7 Å². The zero-order valence-electron chi connectivity index (χ0n) is 18.6. The van der Waals surface area contributed by atoms with E-state index in [9.17, 15) is 4.79 Å². The second kappa shape index (κ2) is 11.4. The highest BCUT2D eigenvalue weighted by Crippen LogP contribution is 2.36. The summed E-state index contributed by atoms with van der Waals surface area (Å²) in [6.45, 7) is 8.17. The van der Waals surface area contributed by atoms with Crippen molar-refractivity contribution >= 4 is 36.8 Å². The molecule has 0 atom stereocenters. The molecule has 6 heteroatoms. The van der Waals surface area contributed by atoms with Gasteiger partial charge in [0, 0.05) is 12.1 Å². The van der Waals surface area contributed by atoms with E-state index in [1.807, 2.05) is 52.0 Å². The summed E-state index contributed by atoms with van der Waals surface area (Å²) in [5.74, 6) is 1.07. The van der Waals surface area contributed by atoms with Crippen LogP contribution in [-0.2, 0) is 14.1 Å². The molecule has 0 bridgehead atoms. The maximum atomic E-state index is 12.3. The monoisotopic (exact) mass is 419 g/mol. The number of benzene rings is 1. The molecule has 1 fully saturated rings. The van der Waals surface area contributed by atoms with Crippen LogP contribution >= 0.6 is 12.6 Å². The molecule has 1 aliphatic rings. The standard InChI is InChI=1S/C23H38BNO3S/c1-22(2)23(3,4)28-24(27-22)19-14-13-15-20(18-19)25-21(26)16-11-9-7-5-6-8-10-12-17-29/h13-15,18,29H,5-12,16-17H2,1-4H3,(H,25,26). The maximum absolute atomic E-state index is 12.3. The number of hydrogen-bond donors (Lipinski definition) is 2. The van der Waals surface area contributed by atoms with E-state index >= 15 is 0 Å². The fourth-order valence-electron chi connectivity index (χ4n) is 3.42. The lowest BCUT2D eigenvalue weighted by Crippen LogP contribution is -2.41. The molecule has 0 aliphatic carbocycles. The first kappa shape index (κ1) is 24.3. The second-order valence-corrected chi connectivity index (χ2v) is 9.51. The van der Waals surface area contributed by atoms with Crippen LogP contribution in [0.3, 0.4) is 0 Å². The van der Waals surface area contributed by atoms with Gasteiger partial charge in [-0.25, -0.2) is 0 Å². The molecule has 0 unspecified atom stereocenters. The van der Waals surface area contributed by atoms with Gasteiger partial charge in [0.15, 0.2) is 0 Å². The summed E-state index contributed by atoms with van der Waals surface area (Å²) < 4.78 is 12.2. The summed E-state index contributed by atoms with van der Waals surface area (Å²) in [6.07, 6.45) is 10.2. The lowest BCUT2D eigenvalue weighted by molar-refractivity contribution is -0.116. The Morgan fingerprint density at radius 3 is 2.07 bits per heavy atom. The molecular formula is C23H38BNO3S. The Kier molecular flexibility index (Phi) is 9.57. The average molecular weight is 419 g/mol. The molecule has 1 aromatic carbocycles. The Bertz CT molecular complexity index is 635. The predicted octanol–water partition coefficient (Wildman–Crippen LogP) is 5.37. The molecule has 1 amide bonds. The van der Waals surface area contributed by atoms with Crippen molar-refractivity contribution in [3.63, 3.8) is 0 Å². The van der Waals surface area contributed by atoms with Crippen LogP contribution in [0.2, 0.25) is 0 Å². The van der Waals surface area contributed by atoms with Gasteiger partial charge < -0.3 is 14.6 Å². The zero-order chi connectivity index (χ0) is 21.3. The summed E-state index contributed by atoms with van der Waals surface area (Å²) >= 11 is 4.24. The van der Waals surface area contributed by atoms with Crippen molar-refractivity contribution in [1.29, 1.82) is 0 Å². The molecule has 1 heterocycles. The summed E-state index contributed by atoms with van der Waals surface area (Å²) in [7, 11) is -0.412. The van der Waals surface area contributed by atoms with Crippen LogP contribution in [0.5, 0.6) is 0 Å². The van der Waals surface area contributed by atoms with Gasteiger partial charge in [0.1, 0.15) is 0 Å². The molecule has 1 N–H and O–H groups in total. The minimum Gasteiger partial charge on any atom is -0.399 e. The number of thiol groups is 1. The maximum Gasteiger partial charge on any atom is 0.494 e. The first-order valence-corrected chi connectivity index (χ1v) is 11.7. The highest BCUT2D eigenvalue weighted by Gasteiger charge is 2.51. The van der Waals surface area contributed by atoms with E-state index in [1.54, 1.807) is 0 Å². The molecule has 162 valence electrons. The third kappa shape index (κ3) is 7.65. The second-order valence-electron chi connectivity index (χ2n) is 9.06. The van der Waals surface area contributed by atoms with Gasteiger partial charge >= 0.3 is 7.12 Å². The molecule has 0 radical (unpaired) electrons. The van der Waals surface area contributed by atoms with Gasteiger partial charge in [0.2, 0.25) is 5.91 Å². The molecule has 4 nitrogen and oxygen atoms in total. The van der Waals surface area contributed by atoms with Crippen LogP contribution in [0.1, 0.15) is 85.5 Å². The van der Waals surface area contributed by atoms with E-state index in [0.29, 0.717) is 6.42 Å². The van der Waals surface area contributed by atoms with Crippen molar-refractivity contribution in [2.75, 3.05) is 11.1 Å². The van der Waals surface area contributed by atoms with Crippen LogP contribution in [0.15, 0.2) is 24.3 Å². The SMILES string of the molecule is CC1(C)OB(c2cccc(NC(=O)CCCCCCCCCCS)c2)OC1(C)C.